The summed E-state index contributed by atoms with van der Waals surface area (Å²) < 4.78 is 7.70. The molecule has 0 unspecified atom stereocenters. The number of ether oxygens (including phenoxy) is 1. The van der Waals surface area contributed by atoms with Crippen molar-refractivity contribution in [3.8, 4) is 0 Å². The van der Waals surface area contributed by atoms with Gasteiger partial charge in [-0.15, -0.1) is 5.10 Å². The van der Waals surface area contributed by atoms with Crippen LogP contribution in [0.25, 0.3) is 4.96 Å². The third-order valence-corrected chi connectivity index (χ3v) is 5.91. The summed E-state index contributed by atoms with van der Waals surface area (Å²) in [6.45, 7) is 12.9. The highest BCUT2D eigenvalue weighted by Gasteiger charge is 2.25. The van der Waals surface area contributed by atoms with E-state index in [2.05, 4.69) is 36.8 Å². The fraction of sp³-hybridized carbons (Fsp3) is 0.765. The lowest BCUT2D eigenvalue weighted by atomic mass is 9.93. The summed E-state index contributed by atoms with van der Waals surface area (Å²) in [6, 6.07) is 0. The first-order chi connectivity index (χ1) is 11.5. The molecule has 0 amide bonds. The summed E-state index contributed by atoms with van der Waals surface area (Å²) >= 11 is 1.70. The molecule has 0 aliphatic carbocycles. The van der Waals surface area contributed by atoms with E-state index in [1.54, 1.807) is 11.3 Å². The van der Waals surface area contributed by atoms with Gasteiger partial charge in [0, 0.05) is 44.7 Å². The second kappa shape index (κ2) is 6.28. The quantitative estimate of drug-likeness (QED) is 0.851. The van der Waals surface area contributed by atoms with E-state index in [9.17, 15) is 0 Å². The van der Waals surface area contributed by atoms with Gasteiger partial charge >= 0.3 is 0 Å². The van der Waals surface area contributed by atoms with Gasteiger partial charge < -0.3 is 9.64 Å². The molecule has 2 fully saturated rings. The van der Waals surface area contributed by atoms with E-state index in [-0.39, 0.29) is 5.41 Å². The molecule has 24 heavy (non-hydrogen) atoms. The van der Waals surface area contributed by atoms with Crippen molar-refractivity contribution in [1.82, 2.24) is 19.5 Å². The van der Waals surface area contributed by atoms with Gasteiger partial charge in [-0.3, -0.25) is 4.90 Å². The Bertz CT molecular complexity index is 658. The number of fused-ring (bicyclic) bond motifs is 1. The number of piperazine rings is 1. The minimum atomic E-state index is 0.0710. The molecule has 6 nitrogen and oxygen atoms in total. The second-order valence-electron chi connectivity index (χ2n) is 7.91. The maximum Gasteiger partial charge on any atom is 0.214 e. The maximum absolute atomic E-state index is 5.76. The Hall–Kier alpha value is -1.18. The molecule has 0 N–H and O–H groups in total. The van der Waals surface area contributed by atoms with E-state index < -0.39 is 0 Å². The van der Waals surface area contributed by atoms with Gasteiger partial charge in [0.1, 0.15) is 0 Å². The molecular formula is C17H27N5OS. The zero-order valence-corrected chi connectivity index (χ0v) is 15.7. The minimum absolute atomic E-state index is 0.0710. The Morgan fingerprint density at radius 2 is 2.04 bits per heavy atom. The van der Waals surface area contributed by atoms with Gasteiger partial charge in [0.2, 0.25) is 10.1 Å². The smallest absolute Gasteiger partial charge is 0.214 e. The van der Waals surface area contributed by atoms with Crippen LogP contribution in [0.1, 0.15) is 39.3 Å². The van der Waals surface area contributed by atoms with Crippen molar-refractivity contribution in [3.05, 3.63) is 11.9 Å². The molecule has 0 saturated carbocycles. The molecule has 0 bridgehead atoms. The van der Waals surface area contributed by atoms with Gasteiger partial charge in [0.05, 0.1) is 18.0 Å². The Kier molecular flexibility index (Phi) is 4.26. The average molecular weight is 350 g/mol. The predicted octanol–water partition coefficient (Wildman–Crippen LogP) is 2.39. The van der Waals surface area contributed by atoms with Gasteiger partial charge in [-0.2, -0.15) is 0 Å². The van der Waals surface area contributed by atoms with Gasteiger partial charge in [0.25, 0.3) is 0 Å². The average Bonchev–Trinajstić information content (AvgIpc) is 3.22. The molecule has 2 aromatic heterocycles. The van der Waals surface area contributed by atoms with Crippen LogP contribution in [0.5, 0.6) is 0 Å². The largest absolute Gasteiger partial charge is 0.377 e. The van der Waals surface area contributed by atoms with Gasteiger partial charge in [-0.1, -0.05) is 32.1 Å². The number of imidazole rings is 1. The van der Waals surface area contributed by atoms with E-state index in [1.807, 2.05) is 4.52 Å². The fourth-order valence-electron chi connectivity index (χ4n) is 3.38. The van der Waals surface area contributed by atoms with Gasteiger partial charge in [0.15, 0.2) is 0 Å². The van der Waals surface area contributed by atoms with Crippen LogP contribution in [0.15, 0.2) is 6.20 Å². The van der Waals surface area contributed by atoms with Crippen molar-refractivity contribution < 1.29 is 4.74 Å². The lowest BCUT2D eigenvalue weighted by molar-refractivity contribution is 0.0712. The SMILES string of the molecule is CC(C)(C)c1cn2nc(N3CCN(C[C@H]4CCCO4)CC3)sc2n1. The van der Waals surface area contributed by atoms with Crippen LogP contribution in [0, 0.1) is 0 Å². The van der Waals surface area contributed by atoms with Crippen molar-refractivity contribution in [3.63, 3.8) is 0 Å². The molecule has 2 aromatic rings. The molecule has 2 aliphatic rings. The third-order valence-electron chi connectivity index (χ3n) is 4.93. The van der Waals surface area contributed by atoms with E-state index >= 15 is 0 Å². The van der Waals surface area contributed by atoms with E-state index in [1.165, 1.54) is 12.8 Å². The van der Waals surface area contributed by atoms with Crippen molar-refractivity contribution in [2.75, 3.05) is 44.2 Å². The fourth-order valence-corrected chi connectivity index (χ4v) is 4.31. The molecule has 0 aromatic carbocycles. The highest BCUT2D eigenvalue weighted by Crippen LogP contribution is 2.28. The zero-order valence-electron chi connectivity index (χ0n) is 14.9. The second-order valence-corrected chi connectivity index (χ2v) is 8.85. The Balaban J connectivity index is 1.38. The van der Waals surface area contributed by atoms with Crippen molar-refractivity contribution in [2.45, 2.75) is 45.1 Å². The zero-order chi connectivity index (χ0) is 16.7. The third kappa shape index (κ3) is 3.30. The van der Waals surface area contributed by atoms with Crippen molar-refractivity contribution in [2.24, 2.45) is 0 Å². The molecule has 4 rings (SSSR count). The van der Waals surface area contributed by atoms with Crippen molar-refractivity contribution in [1.29, 1.82) is 0 Å². The van der Waals surface area contributed by atoms with E-state index in [0.29, 0.717) is 6.10 Å². The van der Waals surface area contributed by atoms with Crippen LogP contribution in [-0.2, 0) is 10.2 Å². The van der Waals surface area contributed by atoms with Crippen LogP contribution >= 0.6 is 11.3 Å². The van der Waals surface area contributed by atoms with Crippen LogP contribution < -0.4 is 4.90 Å². The molecule has 2 aliphatic heterocycles. The lowest BCUT2D eigenvalue weighted by Gasteiger charge is -2.35. The number of nitrogens with zero attached hydrogens (tertiary/aromatic N) is 5. The number of aromatic nitrogens is 3. The Morgan fingerprint density at radius 3 is 2.67 bits per heavy atom. The number of hydrogen-bond acceptors (Lipinski definition) is 6. The molecule has 0 spiro atoms. The first-order valence-electron chi connectivity index (χ1n) is 8.95. The maximum atomic E-state index is 5.76. The van der Waals surface area contributed by atoms with E-state index in [4.69, 9.17) is 14.8 Å². The monoisotopic (exact) mass is 349 g/mol. The molecule has 0 radical (unpaired) electrons. The van der Waals surface area contributed by atoms with Crippen LogP contribution in [-0.4, -0.2) is 64.9 Å². The standard InChI is InChI=1S/C17H27N5OS/c1-17(2,3)14-12-22-15(18-14)24-16(19-22)21-8-6-20(7-9-21)11-13-5-4-10-23-13/h12-13H,4-11H2,1-3H3/t13-/m1/s1. The number of anilines is 1. The normalized spacial score (nSPS) is 23.5. The van der Waals surface area contributed by atoms with Crippen LogP contribution in [0.2, 0.25) is 0 Å². The topological polar surface area (TPSA) is 45.9 Å². The van der Waals surface area contributed by atoms with Crippen LogP contribution in [0.3, 0.4) is 0 Å². The summed E-state index contributed by atoms with van der Waals surface area (Å²) in [7, 11) is 0. The summed E-state index contributed by atoms with van der Waals surface area (Å²) in [6.07, 6.45) is 4.97. The Morgan fingerprint density at radius 1 is 1.25 bits per heavy atom. The predicted molar refractivity (Wildman–Crippen MR) is 97.2 cm³/mol. The molecule has 7 heteroatoms. The lowest BCUT2D eigenvalue weighted by Crippen LogP contribution is -2.48. The molecular weight excluding hydrogens is 322 g/mol. The first kappa shape index (κ1) is 16.3. The summed E-state index contributed by atoms with van der Waals surface area (Å²) in [5.41, 5.74) is 1.18. The van der Waals surface area contributed by atoms with Gasteiger partial charge in [-0.05, 0) is 12.8 Å². The summed E-state index contributed by atoms with van der Waals surface area (Å²) in [4.78, 5) is 10.7. The van der Waals surface area contributed by atoms with E-state index in [0.717, 1.165) is 55.1 Å². The Labute approximate surface area is 147 Å². The van der Waals surface area contributed by atoms with Gasteiger partial charge in [-0.25, -0.2) is 9.50 Å². The highest BCUT2D eigenvalue weighted by molar-refractivity contribution is 7.20. The van der Waals surface area contributed by atoms with Crippen molar-refractivity contribution >= 4 is 21.4 Å². The molecule has 1 atom stereocenters. The molecule has 4 heterocycles. The van der Waals surface area contributed by atoms with Crippen LogP contribution in [0.4, 0.5) is 5.13 Å². The minimum Gasteiger partial charge on any atom is -0.377 e. The molecule has 132 valence electrons. The first-order valence-corrected chi connectivity index (χ1v) is 9.76. The number of hydrogen-bond donors (Lipinski definition) is 0. The molecule has 2 saturated heterocycles. The summed E-state index contributed by atoms with van der Waals surface area (Å²) in [5.74, 6) is 0. The summed E-state index contributed by atoms with van der Waals surface area (Å²) in [5, 5.41) is 5.85. The highest BCUT2D eigenvalue weighted by atomic mass is 32.1. The number of rotatable bonds is 3.